The van der Waals surface area contributed by atoms with Crippen LogP contribution in [0.3, 0.4) is 0 Å². The molecule has 0 saturated carbocycles. The summed E-state index contributed by atoms with van der Waals surface area (Å²) < 4.78 is 7.63. The van der Waals surface area contributed by atoms with Crippen molar-refractivity contribution in [1.82, 2.24) is 19.7 Å². The highest BCUT2D eigenvalue weighted by Crippen LogP contribution is 2.19. The van der Waals surface area contributed by atoms with Crippen molar-refractivity contribution < 1.29 is 9.53 Å². The van der Waals surface area contributed by atoms with E-state index in [0.29, 0.717) is 12.3 Å². The van der Waals surface area contributed by atoms with Gasteiger partial charge < -0.3 is 14.5 Å². The van der Waals surface area contributed by atoms with Crippen molar-refractivity contribution in [2.24, 2.45) is 0 Å². The Kier molecular flexibility index (Phi) is 5.24. The zero-order valence-electron chi connectivity index (χ0n) is 16.4. The highest BCUT2D eigenvalue weighted by Gasteiger charge is 2.15. The SMILES string of the molecule is Cc1ccn2cc(C(=O)NC(C)c3ccc(OCc4cccnc4)cc3)nc2c1. The number of nitrogens with zero attached hydrogens (tertiary/aromatic N) is 3. The molecular formula is C23H22N4O2. The predicted molar refractivity (Wildman–Crippen MR) is 111 cm³/mol. The van der Waals surface area contributed by atoms with E-state index < -0.39 is 0 Å². The van der Waals surface area contributed by atoms with Crippen LogP contribution in [0.4, 0.5) is 0 Å². The Bertz CT molecular complexity index is 1120. The molecule has 146 valence electrons. The van der Waals surface area contributed by atoms with Gasteiger partial charge in [-0.2, -0.15) is 0 Å². The Morgan fingerprint density at radius 1 is 1.21 bits per heavy atom. The van der Waals surface area contributed by atoms with Crippen LogP contribution in [-0.4, -0.2) is 20.3 Å². The fourth-order valence-electron chi connectivity index (χ4n) is 3.05. The maximum Gasteiger partial charge on any atom is 0.271 e. The number of ether oxygens (including phenoxy) is 1. The predicted octanol–water partition coefficient (Wildman–Crippen LogP) is 4.11. The van der Waals surface area contributed by atoms with E-state index in [1.54, 1.807) is 18.6 Å². The largest absolute Gasteiger partial charge is 0.489 e. The zero-order chi connectivity index (χ0) is 20.2. The molecule has 0 radical (unpaired) electrons. The van der Waals surface area contributed by atoms with Gasteiger partial charge in [-0.3, -0.25) is 9.78 Å². The standard InChI is InChI=1S/C23H22N4O2/c1-16-9-11-27-14-21(26-22(27)12-16)23(28)25-17(2)19-5-7-20(8-6-19)29-15-18-4-3-10-24-13-18/h3-14,17H,15H2,1-2H3,(H,25,28). The number of nitrogens with one attached hydrogen (secondary N) is 1. The molecule has 0 spiro atoms. The van der Waals surface area contributed by atoms with E-state index in [1.807, 2.05) is 73.0 Å². The summed E-state index contributed by atoms with van der Waals surface area (Å²) in [6, 6.07) is 15.4. The van der Waals surface area contributed by atoms with Crippen molar-refractivity contribution in [2.75, 3.05) is 0 Å². The highest BCUT2D eigenvalue weighted by atomic mass is 16.5. The lowest BCUT2D eigenvalue weighted by atomic mass is 10.1. The van der Waals surface area contributed by atoms with Gasteiger partial charge in [-0.15, -0.1) is 0 Å². The maximum atomic E-state index is 12.6. The summed E-state index contributed by atoms with van der Waals surface area (Å²) in [5.41, 5.74) is 4.28. The first kappa shape index (κ1) is 18.7. The number of aryl methyl sites for hydroxylation is 1. The molecule has 0 aliphatic rings. The molecule has 0 aliphatic carbocycles. The van der Waals surface area contributed by atoms with Gasteiger partial charge in [-0.05, 0) is 55.3 Å². The number of carbonyl (C=O) groups excluding carboxylic acids is 1. The fourth-order valence-corrected chi connectivity index (χ4v) is 3.05. The normalized spacial score (nSPS) is 11.9. The maximum absolute atomic E-state index is 12.6. The van der Waals surface area contributed by atoms with E-state index in [-0.39, 0.29) is 11.9 Å². The van der Waals surface area contributed by atoms with Crippen LogP contribution in [0.15, 0.2) is 73.3 Å². The minimum Gasteiger partial charge on any atom is -0.489 e. The monoisotopic (exact) mass is 386 g/mol. The van der Waals surface area contributed by atoms with Crippen LogP contribution < -0.4 is 10.1 Å². The van der Waals surface area contributed by atoms with Crippen molar-refractivity contribution in [3.8, 4) is 5.75 Å². The number of amides is 1. The molecule has 1 unspecified atom stereocenters. The smallest absolute Gasteiger partial charge is 0.271 e. The lowest BCUT2D eigenvalue weighted by Crippen LogP contribution is -2.26. The Balaban J connectivity index is 1.38. The molecule has 1 N–H and O–H groups in total. The molecule has 29 heavy (non-hydrogen) atoms. The summed E-state index contributed by atoms with van der Waals surface area (Å²) in [7, 11) is 0. The van der Waals surface area contributed by atoms with Gasteiger partial charge in [-0.1, -0.05) is 18.2 Å². The quantitative estimate of drug-likeness (QED) is 0.541. The van der Waals surface area contributed by atoms with Gasteiger partial charge in [0.05, 0.1) is 6.04 Å². The van der Waals surface area contributed by atoms with Gasteiger partial charge in [-0.25, -0.2) is 4.98 Å². The van der Waals surface area contributed by atoms with Gasteiger partial charge in [0.15, 0.2) is 0 Å². The summed E-state index contributed by atoms with van der Waals surface area (Å²) >= 11 is 0. The fraction of sp³-hybridized carbons (Fsp3) is 0.174. The van der Waals surface area contributed by atoms with E-state index in [2.05, 4.69) is 15.3 Å². The van der Waals surface area contributed by atoms with Crippen LogP contribution in [0.5, 0.6) is 5.75 Å². The summed E-state index contributed by atoms with van der Waals surface area (Å²) in [5, 5.41) is 3.00. The molecule has 6 nitrogen and oxygen atoms in total. The minimum atomic E-state index is -0.198. The molecule has 4 aromatic rings. The molecule has 3 aromatic heterocycles. The first-order valence-electron chi connectivity index (χ1n) is 9.46. The Morgan fingerprint density at radius 2 is 2.03 bits per heavy atom. The second-order valence-corrected chi connectivity index (χ2v) is 7.01. The second kappa shape index (κ2) is 8.14. The number of hydrogen-bond acceptors (Lipinski definition) is 4. The van der Waals surface area contributed by atoms with E-state index in [4.69, 9.17) is 4.74 Å². The van der Waals surface area contributed by atoms with Crippen molar-refractivity contribution in [2.45, 2.75) is 26.5 Å². The first-order chi connectivity index (χ1) is 14.1. The third-order valence-corrected chi connectivity index (χ3v) is 4.70. The van der Waals surface area contributed by atoms with Gasteiger partial charge in [0.25, 0.3) is 5.91 Å². The van der Waals surface area contributed by atoms with Gasteiger partial charge in [0, 0.05) is 30.4 Å². The number of imidazole rings is 1. The molecule has 1 amide bonds. The summed E-state index contributed by atoms with van der Waals surface area (Å²) in [4.78, 5) is 21.1. The molecule has 1 atom stereocenters. The minimum absolute atomic E-state index is 0.151. The number of carbonyl (C=O) groups is 1. The number of benzene rings is 1. The Morgan fingerprint density at radius 3 is 2.79 bits per heavy atom. The molecule has 1 aromatic carbocycles. The number of fused-ring (bicyclic) bond motifs is 1. The van der Waals surface area contributed by atoms with Crippen molar-refractivity contribution >= 4 is 11.6 Å². The second-order valence-electron chi connectivity index (χ2n) is 7.01. The van der Waals surface area contributed by atoms with Crippen molar-refractivity contribution in [3.05, 3.63) is 95.7 Å². The van der Waals surface area contributed by atoms with Crippen LogP contribution in [0, 0.1) is 6.92 Å². The highest BCUT2D eigenvalue weighted by molar-refractivity contribution is 5.93. The number of aromatic nitrogens is 3. The van der Waals surface area contributed by atoms with E-state index in [1.165, 1.54) is 0 Å². The molecule has 0 fully saturated rings. The van der Waals surface area contributed by atoms with Gasteiger partial charge in [0.1, 0.15) is 23.7 Å². The van der Waals surface area contributed by atoms with Gasteiger partial charge >= 0.3 is 0 Å². The Hall–Kier alpha value is -3.67. The van der Waals surface area contributed by atoms with Crippen LogP contribution in [0.25, 0.3) is 5.65 Å². The first-order valence-corrected chi connectivity index (χ1v) is 9.46. The van der Waals surface area contributed by atoms with E-state index in [0.717, 1.165) is 28.1 Å². The topological polar surface area (TPSA) is 68.5 Å². The number of hydrogen-bond donors (Lipinski definition) is 1. The van der Waals surface area contributed by atoms with Crippen LogP contribution in [0.1, 0.15) is 40.1 Å². The average Bonchev–Trinajstić information content (AvgIpc) is 3.17. The van der Waals surface area contributed by atoms with Crippen LogP contribution in [0.2, 0.25) is 0 Å². The Labute approximate surface area is 169 Å². The van der Waals surface area contributed by atoms with Gasteiger partial charge in [0.2, 0.25) is 0 Å². The molecule has 4 rings (SSSR count). The molecule has 0 saturated heterocycles. The van der Waals surface area contributed by atoms with E-state index in [9.17, 15) is 4.79 Å². The summed E-state index contributed by atoms with van der Waals surface area (Å²) in [6.45, 7) is 4.41. The molecule has 0 aliphatic heterocycles. The number of pyridine rings is 2. The average molecular weight is 386 g/mol. The van der Waals surface area contributed by atoms with Crippen LogP contribution >= 0.6 is 0 Å². The molecular weight excluding hydrogens is 364 g/mol. The molecule has 0 bridgehead atoms. The lowest BCUT2D eigenvalue weighted by molar-refractivity contribution is 0.0935. The van der Waals surface area contributed by atoms with Crippen LogP contribution in [-0.2, 0) is 6.61 Å². The van der Waals surface area contributed by atoms with E-state index >= 15 is 0 Å². The molecule has 3 heterocycles. The van der Waals surface area contributed by atoms with Crippen molar-refractivity contribution in [3.63, 3.8) is 0 Å². The third-order valence-electron chi connectivity index (χ3n) is 4.70. The zero-order valence-corrected chi connectivity index (χ0v) is 16.4. The van der Waals surface area contributed by atoms with Crippen molar-refractivity contribution in [1.29, 1.82) is 0 Å². The summed E-state index contributed by atoms with van der Waals surface area (Å²) in [5.74, 6) is 0.572. The third kappa shape index (κ3) is 4.43. The summed E-state index contributed by atoms with van der Waals surface area (Å²) in [6.07, 6.45) is 7.17. The lowest BCUT2D eigenvalue weighted by Gasteiger charge is -2.14. The number of rotatable bonds is 6. The molecule has 6 heteroatoms.